The van der Waals surface area contributed by atoms with E-state index in [2.05, 4.69) is 0 Å². The first-order chi connectivity index (χ1) is 2.41. The van der Waals surface area contributed by atoms with Crippen LogP contribution in [0.15, 0.2) is 0 Å². The monoisotopic (exact) mass is 80.1 g/mol. The SMILES string of the molecule is CCCC=O.[LiH]. The van der Waals surface area contributed by atoms with Crippen LogP contribution in [0, 0.1) is 0 Å². The summed E-state index contributed by atoms with van der Waals surface area (Å²) >= 11 is 0. The second-order valence-electron chi connectivity index (χ2n) is 0.955. The van der Waals surface area contributed by atoms with Crippen LogP contribution >= 0.6 is 0 Å². The van der Waals surface area contributed by atoms with Crippen LogP contribution in [-0.4, -0.2) is 25.1 Å². The van der Waals surface area contributed by atoms with Crippen LogP contribution in [0.25, 0.3) is 0 Å². The Bertz CT molecular complexity index is 28.7. The van der Waals surface area contributed by atoms with Gasteiger partial charge in [-0.3, -0.25) is 0 Å². The Morgan fingerprint density at radius 3 is 2.17 bits per heavy atom. The molecule has 0 saturated carbocycles. The minimum atomic E-state index is 0. The molecule has 0 heterocycles. The average molecular weight is 80.1 g/mol. The van der Waals surface area contributed by atoms with E-state index in [1.165, 1.54) is 0 Å². The van der Waals surface area contributed by atoms with Crippen molar-refractivity contribution in [3.63, 3.8) is 0 Å². The van der Waals surface area contributed by atoms with Crippen molar-refractivity contribution in [1.82, 2.24) is 0 Å². The van der Waals surface area contributed by atoms with Crippen molar-refractivity contribution in [2.24, 2.45) is 0 Å². The molecular formula is C4H9LiO. The molecule has 0 fully saturated rings. The van der Waals surface area contributed by atoms with Crippen LogP contribution in [0.5, 0.6) is 0 Å². The molecule has 2 heteroatoms. The summed E-state index contributed by atoms with van der Waals surface area (Å²) in [5.74, 6) is 0. The Kier molecular flexibility index (Phi) is 14.3. The van der Waals surface area contributed by atoms with Gasteiger partial charge in [-0.15, -0.1) is 0 Å². The summed E-state index contributed by atoms with van der Waals surface area (Å²) < 4.78 is 0. The Morgan fingerprint density at radius 2 is 2.17 bits per heavy atom. The Labute approximate surface area is 50.3 Å². The van der Waals surface area contributed by atoms with Gasteiger partial charge in [0.05, 0.1) is 0 Å². The molecule has 0 atom stereocenters. The molecule has 0 aliphatic carbocycles. The van der Waals surface area contributed by atoms with Gasteiger partial charge in [0.1, 0.15) is 6.29 Å². The van der Waals surface area contributed by atoms with Crippen molar-refractivity contribution in [3.05, 3.63) is 0 Å². The molecule has 0 bridgehead atoms. The maximum absolute atomic E-state index is 9.40. The Balaban J connectivity index is 0. The molecule has 1 nitrogen and oxygen atoms in total. The van der Waals surface area contributed by atoms with E-state index in [1.54, 1.807) is 0 Å². The van der Waals surface area contributed by atoms with Crippen LogP contribution in [0.4, 0.5) is 0 Å². The van der Waals surface area contributed by atoms with Gasteiger partial charge >= 0.3 is 18.9 Å². The first kappa shape index (κ1) is 9.55. The molecule has 32 valence electrons. The number of unbranched alkanes of at least 4 members (excludes halogenated alkanes) is 1. The Morgan fingerprint density at radius 1 is 1.67 bits per heavy atom. The van der Waals surface area contributed by atoms with E-state index in [0.29, 0.717) is 6.42 Å². The topological polar surface area (TPSA) is 17.1 Å². The summed E-state index contributed by atoms with van der Waals surface area (Å²) in [6.45, 7) is 1.98. The number of carbonyl (C=O) groups is 1. The predicted molar refractivity (Wildman–Crippen MR) is 28.1 cm³/mol. The quantitative estimate of drug-likeness (QED) is 0.345. The fraction of sp³-hybridized carbons (Fsp3) is 0.750. The van der Waals surface area contributed by atoms with Crippen molar-refractivity contribution in [2.45, 2.75) is 19.8 Å². The van der Waals surface area contributed by atoms with E-state index in [-0.39, 0.29) is 18.9 Å². The third-order valence-electron chi connectivity index (χ3n) is 0.407. The summed E-state index contributed by atoms with van der Waals surface area (Å²) in [5.41, 5.74) is 0. The van der Waals surface area contributed by atoms with Gasteiger partial charge in [0.15, 0.2) is 0 Å². The van der Waals surface area contributed by atoms with Crippen LogP contribution in [0.2, 0.25) is 0 Å². The fourth-order valence-corrected chi connectivity index (χ4v) is 0.118. The van der Waals surface area contributed by atoms with Gasteiger partial charge in [-0.25, -0.2) is 0 Å². The van der Waals surface area contributed by atoms with E-state index >= 15 is 0 Å². The summed E-state index contributed by atoms with van der Waals surface area (Å²) in [6.07, 6.45) is 2.61. The summed E-state index contributed by atoms with van der Waals surface area (Å²) in [7, 11) is 0. The molecule has 0 aromatic heterocycles. The molecule has 0 radical (unpaired) electrons. The van der Waals surface area contributed by atoms with Gasteiger partial charge in [0.2, 0.25) is 0 Å². The van der Waals surface area contributed by atoms with Crippen molar-refractivity contribution < 1.29 is 4.79 Å². The second-order valence-corrected chi connectivity index (χ2v) is 0.955. The molecule has 0 aromatic carbocycles. The predicted octanol–water partition coefficient (Wildman–Crippen LogP) is 0.337. The van der Waals surface area contributed by atoms with Crippen molar-refractivity contribution in [2.75, 3.05) is 0 Å². The first-order valence-electron chi connectivity index (χ1n) is 1.85. The molecular weight excluding hydrogens is 71.0 g/mol. The van der Waals surface area contributed by atoms with Crippen LogP contribution in [0.3, 0.4) is 0 Å². The molecule has 0 aromatic rings. The minimum absolute atomic E-state index is 0. The third-order valence-corrected chi connectivity index (χ3v) is 0.407. The van der Waals surface area contributed by atoms with Gasteiger partial charge < -0.3 is 4.79 Å². The van der Waals surface area contributed by atoms with Crippen LogP contribution in [0.1, 0.15) is 19.8 Å². The summed E-state index contributed by atoms with van der Waals surface area (Å²) in [5, 5.41) is 0. The molecule has 0 N–H and O–H groups in total. The van der Waals surface area contributed by atoms with E-state index in [9.17, 15) is 4.79 Å². The Hall–Kier alpha value is 0.267. The molecule has 0 aliphatic rings. The van der Waals surface area contributed by atoms with Gasteiger partial charge in [-0.05, 0) is 6.42 Å². The maximum atomic E-state index is 9.40. The molecule has 0 amide bonds. The van der Waals surface area contributed by atoms with E-state index in [4.69, 9.17) is 0 Å². The van der Waals surface area contributed by atoms with Crippen molar-refractivity contribution in [3.8, 4) is 0 Å². The zero-order valence-electron chi connectivity index (χ0n) is 3.40. The molecule has 0 unspecified atom stereocenters. The third kappa shape index (κ3) is 8.86. The summed E-state index contributed by atoms with van der Waals surface area (Å²) in [6, 6.07) is 0. The van der Waals surface area contributed by atoms with E-state index in [1.807, 2.05) is 6.92 Å². The van der Waals surface area contributed by atoms with Gasteiger partial charge in [-0.1, -0.05) is 6.92 Å². The van der Waals surface area contributed by atoms with Crippen molar-refractivity contribution >= 4 is 25.1 Å². The van der Waals surface area contributed by atoms with Crippen LogP contribution in [-0.2, 0) is 4.79 Å². The van der Waals surface area contributed by atoms with E-state index < -0.39 is 0 Å². The molecule has 0 rings (SSSR count). The number of hydrogen-bond acceptors (Lipinski definition) is 1. The zero-order valence-corrected chi connectivity index (χ0v) is 3.40. The van der Waals surface area contributed by atoms with Gasteiger partial charge in [0, 0.05) is 6.42 Å². The average Bonchev–Trinajstić information content (AvgIpc) is 1.41. The van der Waals surface area contributed by atoms with E-state index in [0.717, 1.165) is 12.7 Å². The standard InChI is InChI=1S/C4H8O.Li.H/c1-2-3-4-5;;/h4H,2-3H2,1H3;;. The second kappa shape index (κ2) is 8.99. The zero-order chi connectivity index (χ0) is 4.12. The molecule has 6 heavy (non-hydrogen) atoms. The molecule has 0 spiro atoms. The van der Waals surface area contributed by atoms with Crippen molar-refractivity contribution in [1.29, 1.82) is 0 Å². The fourth-order valence-electron chi connectivity index (χ4n) is 0.118. The molecule has 0 aliphatic heterocycles. The van der Waals surface area contributed by atoms with Gasteiger partial charge in [-0.2, -0.15) is 0 Å². The molecule has 0 saturated heterocycles. The number of aldehydes is 1. The number of carbonyl (C=O) groups excluding carboxylic acids is 1. The normalized spacial score (nSPS) is 6.17. The number of rotatable bonds is 2. The number of hydrogen-bond donors (Lipinski definition) is 0. The van der Waals surface area contributed by atoms with Gasteiger partial charge in [0.25, 0.3) is 0 Å². The first-order valence-corrected chi connectivity index (χ1v) is 1.85. The van der Waals surface area contributed by atoms with Crippen LogP contribution < -0.4 is 0 Å². The summed E-state index contributed by atoms with van der Waals surface area (Å²) in [4.78, 5) is 9.40.